The van der Waals surface area contributed by atoms with E-state index in [9.17, 15) is 0 Å². The molecule has 7 heteroatoms. The van der Waals surface area contributed by atoms with Gasteiger partial charge in [-0.2, -0.15) is 0 Å². The van der Waals surface area contributed by atoms with Gasteiger partial charge >= 0.3 is 0 Å². The van der Waals surface area contributed by atoms with Crippen molar-refractivity contribution >= 4 is 28.5 Å². The number of aromatic amines is 2. The van der Waals surface area contributed by atoms with Crippen molar-refractivity contribution in [1.29, 1.82) is 0 Å². The smallest absolute Gasteiger partial charge is 0.131 e. The highest BCUT2D eigenvalue weighted by Gasteiger charge is 2.05. The molecule has 6 nitrogen and oxygen atoms in total. The predicted molar refractivity (Wildman–Crippen MR) is 126 cm³/mol. The van der Waals surface area contributed by atoms with Crippen LogP contribution in [0.15, 0.2) is 54.9 Å². The number of halogens is 1. The Balaban J connectivity index is 0.000000265. The Morgan fingerprint density at radius 1 is 0.903 bits per heavy atom. The van der Waals surface area contributed by atoms with E-state index >= 15 is 0 Å². The SMILES string of the molecule is C=[N+](C)C.COc1ccc2c(CN(C)C)c[nH]c2c1.COc1ccc2cc[nH]c2c1.[Cl-]. The third-order valence-corrected chi connectivity index (χ3v) is 4.22. The molecule has 0 amide bonds. The van der Waals surface area contributed by atoms with Crippen molar-refractivity contribution in [3.63, 3.8) is 0 Å². The molecule has 0 saturated carbocycles. The van der Waals surface area contributed by atoms with Crippen LogP contribution in [0.3, 0.4) is 0 Å². The second-order valence-electron chi connectivity index (χ2n) is 7.47. The number of hydrogen-bond donors (Lipinski definition) is 2. The lowest BCUT2D eigenvalue weighted by atomic mass is 10.1. The maximum absolute atomic E-state index is 5.18. The zero-order chi connectivity index (χ0) is 22.1. The number of ether oxygens (including phenoxy) is 2. The molecule has 0 aliphatic rings. The molecule has 2 aromatic carbocycles. The Bertz CT molecular complexity index is 1080. The summed E-state index contributed by atoms with van der Waals surface area (Å²) < 4.78 is 12.0. The van der Waals surface area contributed by atoms with E-state index in [2.05, 4.69) is 47.9 Å². The minimum atomic E-state index is 0. The summed E-state index contributed by atoms with van der Waals surface area (Å²) in [5, 5.41) is 2.48. The molecule has 0 radical (unpaired) electrons. The van der Waals surface area contributed by atoms with E-state index in [0.717, 1.165) is 29.1 Å². The fourth-order valence-electron chi connectivity index (χ4n) is 2.92. The quantitative estimate of drug-likeness (QED) is 0.369. The van der Waals surface area contributed by atoms with Gasteiger partial charge in [-0.05, 0) is 55.4 Å². The standard InChI is InChI=1S/C12H16N2O.C9H9NO.C3H8N.ClH/c1-14(2)8-9-7-13-12-6-10(15-3)4-5-11(9)12;1-11-8-3-2-7-4-5-10-9(7)6-8;1-4(2)3;/h4-7,13H,8H2,1-3H3;2-6,10H,1H3;1H2,2-3H3;1H/q;;+1;/p-1. The zero-order valence-electron chi connectivity index (χ0n) is 19.2. The van der Waals surface area contributed by atoms with E-state index in [1.165, 1.54) is 16.3 Å². The third kappa shape index (κ3) is 8.00. The van der Waals surface area contributed by atoms with Gasteiger partial charge in [0.2, 0.25) is 0 Å². The summed E-state index contributed by atoms with van der Waals surface area (Å²) in [6, 6.07) is 14.1. The first-order valence-electron chi connectivity index (χ1n) is 9.71. The molecule has 4 rings (SSSR count). The number of hydrogen-bond acceptors (Lipinski definition) is 3. The average Bonchev–Trinajstić information content (AvgIpc) is 3.33. The van der Waals surface area contributed by atoms with Gasteiger partial charge in [0.15, 0.2) is 0 Å². The molecule has 0 atom stereocenters. The molecule has 0 fully saturated rings. The van der Waals surface area contributed by atoms with Crippen molar-refractivity contribution in [3.05, 3.63) is 60.4 Å². The number of nitrogens with zero attached hydrogens (tertiary/aromatic N) is 2. The highest BCUT2D eigenvalue weighted by Crippen LogP contribution is 2.23. The first kappa shape index (κ1) is 26.1. The maximum atomic E-state index is 5.18. The van der Waals surface area contributed by atoms with Crippen molar-refractivity contribution in [1.82, 2.24) is 14.9 Å². The third-order valence-electron chi connectivity index (χ3n) is 4.22. The van der Waals surface area contributed by atoms with Crippen LogP contribution in [0.5, 0.6) is 11.5 Å². The van der Waals surface area contributed by atoms with Crippen LogP contribution in [0.25, 0.3) is 21.8 Å². The van der Waals surface area contributed by atoms with Crippen molar-refractivity contribution < 1.29 is 26.5 Å². The van der Waals surface area contributed by atoms with Gasteiger partial charge in [0.1, 0.15) is 32.3 Å². The molecule has 0 aliphatic carbocycles. The first-order chi connectivity index (χ1) is 14.3. The second kappa shape index (κ2) is 12.7. The molecule has 0 bridgehead atoms. The lowest BCUT2D eigenvalue weighted by molar-refractivity contribution is -0.454. The van der Waals surface area contributed by atoms with Gasteiger partial charge in [-0.1, -0.05) is 0 Å². The number of fused-ring (bicyclic) bond motifs is 2. The van der Waals surface area contributed by atoms with Crippen molar-refractivity contribution in [2.24, 2.45) is 0 Å². The molecule has 2 aromatic heterocycles. The largest absolute Gasteiger partial charge is 1.00 e. The molecule has 2 heterocycles. The summed E-state index contributed by atoms with van der Waals surface area (Å²) in [5.74, 6) is 1.78. The maximum Gasteiger partial charge on any atom is 0.131 e. The molecule has 2 N–H and O–H groups in total. The van der Waals surface area contributed by atoms with Gasteiger partial charge in [-0.15, -0.1) is 0 Å². The van der Waals surface area contributed by atoms with Gasteiger partial charge in [-0.25, -0.2) is 4.58 Å². The van der Waals surface area contributed by atoms with Gasteiger partial charge < -0.3 is 36.7 Å². The van der Waals surface area contributed by atoms with Gasteiger partial charge in [-0.3, -0.25) is 0 Å². The lowest BCUT2D eigenvalue weighted by Gasteiger charge is -2.08. The van der Waals surface area contributed by atoms with Crippen LogP contribution in [0, 0.1) is 0 Å². The lowest BCUT2D eigenvalue weighted by Crippen LogP contribution is -3.00. The Kier molecular flexibility index (Phi) is 10.7. The Labute approximate surface area is 190 Å². The average molecular weight is 445 g/mol. The molecule has 4 aromatic rings. The molecular weight excluding hydrogens is 412 g/mol. The van der Waals surface area contributed by atoms with Crippen LogP contribution in [-0.4, -0.2) is 68.6 Å². The van der Waals surface area contributed by atoms with Crippen molar-refractivity contribution in [2.45, 2.75) is 6.54 Å². The molecule has 168 valence electrons. The van der Waals surface area contributed by atoms with E-state index < -0.39 is 0 Å². The number of methoxy groups -OCH3 is 2. The topological polar surface area (TPSA) is 56.3 Å². The van der Waals surface area contributed by atoms with E-state index in [1.807, 2.05) is 56.7 Å². The van der Waals surface area contributed by atoms with Crippen LogP contribution in [0.2, 0.25) is 0 Å². The second-order valence-corrected chi connectivity index (χ2v) is 7.47. The molecule has 0 saturated heterocycles. The number of rotatable bonds is 4. The van der Waals surface area contributed by atoms with E-state index in [4.69, 9.17) is 9.47 Å². The Morgan fingerprint density at radius 3 is 2.06 bits per heavy atom. The number of aromatic nitrogens is 2. The van der Waals surface area contributed by atoms with Gasteiger partial charge in [0.25, 0.3) is 0 Å². The minimum absolute atomic E-state index is 0. The Morgan fingerprint density at radius 2 is 1.48 bits per heavy atom. The van der Waals surface area contributed by atoms with Crippen molar-refractivity contribution in [2.75, 3.05) is 42.4 Å². The fraction of sp³-hybridized carbons (Fsp3) is 0.292. The van der Waals surface area contributed by atoms with E-state index in [1.54, 1.807) is 18.8 Å². The summed E-state index contributed by atoms with van der Waals surface area (Å²) in [4.78, 5) is 8.54. The first-order valence-corrected chi connectivity index (χ1v) is 9.71. The number of nitrogens with one attached hydrogen (secondary N) is 2. The Hall–Kier alpha value is -2.96. The summed E-state index contributed by atoms with van der Waals surface area (Å²) in [6.45, 7) is 4.42. The summed E-state index contributed by atoms with van der Waals surface area (Å²) in [6.07, 6.45) is 3.98. The summed E-state index contributed by atoms with van der Waals surface area (Å²) >= 11 is 0. The summed E-state index contributed by atoms with van der Waals surface area (Å²) in [7, 11) is 11.3. The number of H-pyrrole nitrogens is 2. The van der Waals surface area contributed by atoms with Gasteiger partial charge in [0.05, 0.1) is 14.2 Å². The number of benzene rings is 2. The molecule has 0 spiro atoms. The van der Waals surface area contributed by atoms with Gasteiger partial charge in [0, 0.05) is 47.5 Å². The molecule has 0 aliphatic heterocycles. The highest BCUT2D eigenvalue weighted by atomic mass is 35.5. The predicted octanol–water partition coefficient (Wildman–Crippen LogP) is 1.38. The zero-order valence-corrected chi connectivity index (χ0v) is 20.0. The summed E-state index contributed by atoms with van der Waals surface area (Å²) in [5.41, 5.74) is 3.56. The van der Waals surface area contributed by atoms with Crippen LogP contribution in [0.4, 0.5) is 0 Å². The molecule has 31 heavy (non-hydrogen) atoms. The normalized spacial score (nSPS) is 9.90. The minimum Gasteiger partial charge on any atom is -1.00 e. The monoisotopic (exact) mass is 444 g/mol. The van der Waals surface area contributed by atoms with E-state index in [0.29, 0.717) is 0 Å². The fourth-order valence-corrected chi connectivity index (χ4v) is 2.92. The van der Waals surface area contributed by atoms with Crippen LogP contribution in [-0.2, 0) is 6.54 Å². The molecular formula is C24H33ClN4O2. The highest BCUT2D eigenvalue weighted by molar-refractivity contribution is 5.84. The van der Waals surface area contributed by atoms with Crippen molar-refractivity contribution in [3.8, 4) is 11.5 Å². The van der Waals surface area contributed by atoms with Crippen LogP contribution >= 0.6 is 0 Å². The van der Waals surface area contributed by atoms with Crippen LogP contribution < -0.4 is 21.9 Å². The molecule has 0 unspecified atom stereocenters. The van der Waals surface area contributed by atoms with E-state index in [-0.39, 0.29) is 12.4 Å². The van der Waals surface area contributed by atoms with Crippen LogP contribution in [0.1, 0.15) is 5.56 Å².